The molecule has 0 radical (unpaired) electrons. The third-order valence-corrected chi connectivity index (χ3v) is 2.51. The van der Waals surface area contributed by atoms with Gasteiger partial charge in [-0.3, -0.25) is 0 Å². The van der Waals surface area contributed by atoms with Gasteiger partial charge in [0.25, 0.3) is 0 Å². The van der Waals surface area contributed by atoms with E-state index in [-0.39, 0.29) is 0 Å². The van der Waals surface area contributed by atoms with Gasteiger partial charge in [-0.15, -0.1) is 0 Å². The highest BCUT2D eigenvalue weighted by Crippen LogP contribution is 2.17. The van der Waals surface area contributed by atoms with Crippen molar-refractivity contribution >= 4 is 0 Å². The SMILES string of the molecule is Cc1cc(OCc2ncccn2)ccc1C#CCN. The molecule has 0 saturated carbocycles. The van der Waals surface area contributed by atoms with E-state index >= 15 is 0 Å². The second-order valence-electron chi connectivity index (χ2n) is 3.94. The van der Waals surface area contributed by atoms with Crippen molar-refractivity contribution in [3.8, 4) is 17.6 Å². The number of benzene rings is 1. The molecule has 4 heteroatoms. The van der Waals surface area contributed by atoms with Crippen LogP contribution in [0, 0.1) is 18.8 Å². The number of nitrogens with two attached hydrogens (primary N) is 1. The van der Waals surface area contributed by atoms with Gasteiger partial charge in [0, 0.05) is 18.0 Å². The van der Waals surface area contributed by atoms with Gasteiger partial charge in [0.2, 0.25) is 0 Å². The summed E-state index contributed by atoms with van der Waals surface area (Å²) in [5, 5.41) is 0. The Morgan fingerprint density at radius 2 is 2.05 bits per heavy atom. The molecule has 2 rings (SSSR count). The Balaban J connectivity index is 2.04. The van der Waals surface area contributed by atoms with E-state index in [9.17, 15) is 0 Å². The highest BCUT2D eigenvalue weighted by atomic mass is 16.5. The zero-order valence-electron chi connectivity index (χ0n) is 10.8. The molecule has 1 aromatic carbocycles. The summed E-state index contributed by atoms with van der Waals surface area (Å²) in [6, 6.07) is 7.54. The predicted octanol–water partition coefficient (Wildman–Crippen LogP) is 1.67. The van der Waals surface area contributed by atoms with E-state index in [4.69, 9.17) is 10.5 Å². The summed E-state index contributed by atoms with van der Waals surface area (Å²) >= 11 is 0. The standard InChI is InChI=1S/C15H15N3O/c1-12-10-14(6-5-13(12)4-2-7-16)19-11-15-17-8-3-9-18-15/h3,5-6,8-10H,7,11,16H2,1H3. The van der Waals surface area contributed by atoms with Crippen LogP contribution in [-0.4, -0.2) is 16.5 Å². The van der Waals surface area contributed by atoms with E-state index in [1.54, 1.807) is 18.5 Å². The number of nitrogens with zero attached hydrogens (tertiary/aromatic N) is 2. The Kier molecular flexibility index (Phi) is 4.49. The summed E-state index contributed by atoms with van der Waals surface area (Å²) in [5.41, 5.74) is 7.39. The molecule has 0 unspecified atom stereocenters. The summed E-state index contributed by atoms with van der Waals surface area (Å²) in [7, 11) is 0. The monoisotopic (exact) mass is 253 g/mol. The molecule has 0 fully saturated rings. The molecular weight excluding hydrogens is 238 g/mol. The second kappa shape index (κ2) is 6.53. The molecule has 0 spiro atoms. The van der Waals surface area contributed by atoms with E-state index in [2.05, 4.69) is 21.8 Å². The normalized spacial score (nSPS) is 9.58. The van der Waals surface area contributed by atoms with Crippen molar-refractivity contribution in [1.82, 2.24) is 9.97 Å². The van der Waals surface area contributed by atoms with Gasteiger partial charge in [-0.2, -0.15) is 0 Å². The number of hydrogen-bond acceptors (Lipinski definition) is 4. The minimum atomic E-state index is 0.355. The molecule has 2 aromatic rings. The number of rotatable bonds is 3. The van der Waals surface area contributed by atoms with Crippen LogP contribution in [0.4, 0.5) is 0 Å². The molecule has 0 saturated heterocycles. The van der Waals surface area contributed by atoms with Crippen LogP contribution in [0.25, 0.3) is 0 Å². The fourth-order valence-corrected chi connectivity index (χ4v) is 1.56. The average molecular weight is 253 g/mol. The lowest BCUT2D eigenvalue weighted by Crippen LogP contribution is -2.00. The summed E-state index contributed by atoms with van der Waals surface area (Å²) in [6.07, 6.45) is 3.39. The molecule has 0 amide bonds. The maximum atomic E-state index is 5.63. The van der Waals surface area contributed by atoms with Crippen molar-refractivity contribution in [3.05, 3.63) is 53.6 Å². The van der Waals surface area contributed by atoms with Crippen LogP contribution in [0.2, 0.25) is 0 Å². The smallest absolute Gasteiger partial charge is 0.166 e. The fraction of sp³-hybridized carbons (Fsp3) is 0.200. The summed E-state index contributed by atoms with van der Waals surface area (Å²) in [5.74, 6) is 7.30. The van der Waals surface area contributed by atoms with Crippen LogP contribution in [0.15, 0.2) is 36.7 Å². The molecule has 2 N–H and O–H groups in total. The third kappa shape index (κ3) is 3.80. The Morgan fingerprint density at radius 3 is 2.74 bits per heavy atom. The molecule has 4 nitrogen and oxygen atoms in total. The summed E-state index contributed by atoms with van der Waals surface area (Å²) in [4.78, 5) is 8.20. The predicted molar refractivity (Wildman–Crippen MR) is 73.5 cm³/mol. The summed E-state index contributed by atoms with van der Waals surface area (Å²) in [6.45, 7) is 2.71. The number of ether oxygens (including phenoxy) is 1. The van der Waals surface area contributed by atoms with Crippen molar-refractivity contribution in [2.24, 2.45) is 5.73 Å². The maximum Gasteiger partial charge on any atom is 0.166 e. The maximum absolute atomic E-state index is 5.63. The third-order valence-electron chi connectivity index (χ3n) is 2.51. The van der Waals surface area contributed by atoms with Gasteiger partial charge in [-0.25, -0.2) is 9.97 Å². The van der Waals surface area contributed by atoms with Crippen LogP contribution in [0.5, 0.6) is 5.75 Å². The van der Waals surface area contributed by atoms with E-state index in [1.807, 2.05) is 25.1 Å². The molecule has 0 atom stereocenters. The molecule has 1 heterocycles. The lowest BCUT2D eigenvalue weighted by molar-refractivity contribution is 0.295. The van der Waals surface area contributed by atoms with Crippen LogP contribution in [0.1, 0.15) is 17.0 Å². The van der Waals surface area contributed by atoms with E-state index < -0.39 is 0 Å². The number of hydrogen-bond donors (Lipinski definition) is 1. The highest BCUT2D eigenvalue weighted by Gasteiger charge is 2.00. The van der Waals surface area contributed by atoms with Crippen molar-refractivity contribution < 1.29 is 4.74 Å². The Bertz CT molecular complexity index is 600. The lowest BCUT2D eigenvalue weighted by atomic mass is 10.1. The van der Waals surface area contributed by atoms with Gasteiger partial charge in [0.1, 0.15) is 12.4 Å². The van der Waals surface area contributed by atoms with Crippen LogP contribution in [-0.2, 0) is 6.61 Å². The van der Waals surface area contributed by atoms with Crippen molar-refractivity contribution in [1.29, 1.82) is 0 Å². The van der Waals surface area contributed by atoms with Gasteiger partial charge >= 0.3 is 0 Å². The van der Waals surface area contributed by atoms with Crippen molar-refractivity contribution in [2.75, 3.05) is 6.54 Å². The Hall–Kier alpha value is -2.38. The van der Waals surface area contributed by atoms with Crippen LogP contribution < -0.4 is 10.5 Å². The Labute approximate surface area is 112 Å². The number of aromatic nitrogens is 2. The van der Waals surface area contributed by atoms with E-state index in [0.29, 0.717) is 19.0 Å². The van der Waals surface area contributed by atoms with Gasteiger partial charge in [0.05, 0.1) is 6.54 Å². The first-order valence-corrected chi connectivity index (χ1v) is 5.98. The molecule has 96 valence electrons. The quantitative estimate of drug-likeness (QED) is 0.845. The second-order valence-corrected chi connectivity index (χ2v) is 3.94. The molecule has 1 aromatic heterocycles. The Morgan fingerprint density at radius 1 is 1.26 bits per heavy atom. The zero-order chi connectivity index (χ0) is 13.5. The fourth-order valence-electron chi connectivity index (χ4n) is 1.56. The lowest BCUT2D eigenvalue weighted by Gasteiger charge is -2.06. The van der Waals surface area contributed by atoms with Gasteiger partial charge < -0.3 is 10.5 Å². The van der Waals surface area contributed by atoms with Crippen LogP contribution in [0.3, 0.4) is 0 Å². The minimum Gasteiger partial charge on any atom is -0.486 e. The molecule has 0 bridgehead atoms. The first-order valence-electron chi connectivity index (χ1n) is 5.98. The molecule has 0 aliphatic rings. The first kappa shape index (κ1) is 13.1. The van der Waals surface area contributed by atoms with E-state index in [1.165, 1.54) is 0 Å². The molecule has 0 aliphatic heterocycles. The molecular formula is C15H15N3O. The average Bonchev–Trinajstić information content (AvgIpc) is 2.45. The zero-order valence-corrected chi connectivity index (χ0v) is 10.8. The van der Waals surface area contributed by atoms with Gasteiger partial charge in [-0.1, -0.05) is 11.8 Å². The molecule has 19 heavy (non-hydrogen) atoms. The number of aryl methyl sites for hydroxylation is 1. The van der Waals surface area contributed by atoms with Crippen molar-refractivity contribution in [2.45, 2.75) is 13.5 Å². The van der Waals surface area contributed by atoms with Gasteiger partial charge in [0.15, 0.2) is 5.82 Å². The van der Waals surface area contributed by atoms with E-state index in [0.717, 1.165) is 16.9 Å². The molecule has 0 aliphatic carbocycles. The highest BCUT2D eigenvalue weighted by molar-refractivity contribution is 5.44. The summed E-state index contributed by atoms with van der Waals surface area (Å²) < 4.78 is 5.63. The first-order chi connectivity index (χ1) is 9.29. The largest absolute Gasteiger partial charge is 0.486 e. The van der Waals surface area contributed by atoms with Crippen LogP contribution >= 0.6 is 0 Å². The van der Waals surface area contributed by atoms with Gasteiger partial charge in [-0.05, 0) is 36.8 Å². The minimum absolute atomic E-state index is 0.355. The van der Waals surface area contributed by atoms with Crippen molar-refractivity contribution in [3.63, 3.8) is 0 Å². The topological polar surface area (TPSA) is 61.0 Å².